The normalized spacial score (nSPS) is 34.5. The highest BCUT2D eigenvalue weighted by Gasteiger charge is 2.60. The summed E-state index contributed by atoms with van der Waals surface area (Å²) in [6, 6.07) is -1.75. The summed E-state index contributed by atoms with van der Waals surface area (Å²) < 4.78 is 46.8. The predicted molar refractivity (Wildman–Crippen MR) is 458 cm³/mol. The zero-order valence-electron chi connectivity index (χ0n) is 66.9. The molecule has 0 aromatic heterocycles. The molecule has 10 amide bonds. The molecule has 11 rings (SSSR count). The Morgan fingerprint density at radius 3 is 1.12 bits per heavy atom. The first-order chi connectivity index (χ1) is 51.2. The van der Waals surface area contributed by atoms with Gasteiger partial charge in [-0.15, -0.1) is 65.9 Å². The Bertz CT molecular complexity index is 3820. The molecule has 17 N–H and O–H groups in total. The minimum absolute atomic E-state index is 0. The van der Waals surface area contributed by atoms with E-state index in [0.717, 1.165) is 55.6 Å². The molecule has 30 nitrogen and oxygen atoms in total. The summed E-state index contributed by atoms with van der Waals surface area (Å²) in [6.07, 6.45) is 26.8. The third-order valence-corrected chi connectivity index (χ3v) is 28.1. The van der Waals surface area contributed by atoms with Crippen LogP contribution in [-0.2, 0) is 37.9 Å². The molecule has 6 fully saturated rings. The summed E-state index contributed by atoms with van der Waals surface area (Å²) in [7, 11) is 3.09. The summed E-state index contributed by atoms with van der Waals surface area (Å²) in [5.41, 5.74) is 2.45. The van der Waals surface area contributed by atoms with Crippen molar-refractivity contribution in [1.82, 2.24) is 53.2 Å². The van der Waals surface area contributed by atoms with Crippen molar-refractivity contribution in [3.05, 3.63) is 120 Å². The molecule has 0 spiro atoms. The van der Waals surface area contributed by atoms with Gasteiger partial charge in [-0.05, 0) is 143 Å². The van der Waals surface area contributed by atoms with Crippen LogP contribution in [0.1, 0.15) is 59.8 Å². The monoisotopic (exact) mass is 1670 g/mol. The number of hydrogen-bond donors (Lipinski definition) is 17. The van der Waals surface area contributed by atoms with Crippen LogP contribution >= 0.6 is 34.4 Å². The number of carbonyl (C=O) groups is 5. The first-order valence-corrected chi connectivity index (χ1v) is 52.0. The van der Waals surface area contributed by atoms with E-state index in [-0.39, 0.29) is 49.8 Å². The van der Waals surface area contributed by atoms with E-state index in [9.17, 15) is 59.7 Å². The van der Waals surface area contributed by atoms with E-state index >= 15 is 0 Å². The Kier molecular flexibility index (Phi) is 32.7. The number of amides is 10. The minimum atomic E-state index is -1.45. The van der Waals surface area contributed by atoms with Crippen LogP contribution in [-0.4, -0.2) is 336 Å². The van der Waals surface area contributed by atoms with Gasteiger partial charge in [-0.2, -0.15) is 0 Å². The second-order valence-corrected chi connectivity index (χ2v) is 55.4. The van der Waals surface area contributed by atoms with Gasteiger partial charge in [0.05, 0.1) is 30.5 Å². The molecule has 632 valence electrons. The van der Waals surface area contributed by atoms with Crippen molar-refractivity contribution in [1.29, 1.82) is 0 Å². The number of rotatable bonds is 22. The molecule has 0 aromatic rings. The highest BCUT2D eigenvalue weighted by Crippen LogP contribution is 2.50. The number of methoxy groups -OCH3 is 2. The van der Waals surface area contributed by atoms with Gasteiger partial charge in [0.25, 0.3) is 0 Å². The second kappa shape index (κ2) is 38.4. The molecule has 20 atom stereocenters. The molecule has 0 unspecified atom stereocenters. The predicted octanol–water partition coefficient (Wildman–Crippen LogP) is 4.95. The zero-order chi connectivity index (χ0) is 83.2. The largest absolute Gasteiger partial charge is 0.388 e. The average molecular weight is 1670 g/mol. The van der Waals surface area contributed by atoms with Gasteiger partial charge in [-0.25, -0.2) is 24.0 Å². The molecular formula is C77H129N10O20P5. The van der Waals surface area contributed by atoms with Gasteiger partial charge in [0.2, 0.25) is 0 Å². The maximum Gasteiger partial charge on any atom is 0.323 e. The van der Waals surface area contributed by atoms with Gasteiger partial charge < -0.3 is 127 Å². The summed E-state index contributed by atoms with van der Waals surface area (Å²) in [5.74, 6) is 0. The maximum absolute atomic E-state index is 11.3. The van der Waals surface area contributed by atoms with Crippen molar-refractivity contribution in [2.75, 3.05) is 118 Å². The van der Waals surface area contributed by atoms with Gasteiger partial charge in [0.1, 0.15) is 96.7 Å². The molecule has 11 aliphatic heterocycles. The smallest absolute Gasteiger partial charge is 0.323 e. The summed E-state index contributed by atoms with van der Waals surface area (Å²) in [6.45, 7) is 38.4. The van der Waals surface area contributed by atoms with Crippen molar-refractivity contribution in [3.8, 4) is 0 Å². The standard InChI is InChI=1S/C16H25N2O4P.4C15H25N2O4P.CH4/c1-10-11(9-17-15(20)18-10)12-13-14(19)16(22-12,5-7-21-13)6-8-23(2,3)4;1-9-10(8-16-14(20)17-9)12-11(18)13(19)15(2,21-12)6-7-22(3,4)5;1-9-10(8-16-14(19)17-9)13-15(2,20)12(18)11(21-13)6-7-22(3,4)5;2*1-9-10(8-16-15(19)17-9)13-14(20-2)12(18)11(21-13)6-7-22(3,4)5;/h9,12-14,19H,1-2,5-8H2,3-4H3,(H2,17,18,20);8,11-13,18-19H,1,3,6-7H2,2,4-5H3,(H2,16,17,20);8,11-13,18,20H,1,3,6-7H2,2,4-5H3,(H2,16,17,19);2*8,11-14,18H,1,3,6-7H2,2,4-5H3,(H2,16,17,19);1H4/t12-,13-,14-,16+;11-,12-,13-,15+;11-,12-,13+,15-;2*11-,12-,13+,14-;/m00111./s1. The Morgan fingerprint density at radius 2 is 0.768 bits per heavy atom. The molecule has 0 radical (unpaired) electrons. The van der Waals surface area contributed by atoms with E-state index in [1.165, 1.54) is 19.3 Å². The lowest BCUT2D eigenvalue weighted by Crippen LogP contribution is -2.49. The molecule has 112 heavy (non-hydrogen) atoms. The molecule has 11 aliphatic rings. The molecule has 6 saturated heterocycles. The molecule has 11 heterocycles. The van der Waals surface area contributed by atoms with E-state index in [0.29, 0.717) is 76.6 Å². The second-order valence-electron chi connectivity index (χ2n) is 33.8. The van der Waals surface area contributed by atoms with Crippen molar-refractivity contribution in [2.24, 2.45) is 0 Å². The number of aliphatic hydroxyl groups is 7. The van der Waals surface area contributed by atoms with Gasteiger partial charge in [-0.1, -0.05) is 40.3 Å². The highest BCUT2D eigenvalue weighted by atomic mass is 31.2. The average Bonchev–Trinajstić information content (AvgIpc) is 1.57. The first-order valence-electron chi connectivity index (χ1n) is 36.7. The van der Waals surface area contributed by atoms with Crippen molar-refractivity contribution < 1.29 is 97.6 Å². The van der Waals surface area contributed by atoms with Crippen LogP contribution < -0.4 is 53.2 Å². The molecule has 35 heteroatoms. The number of hydrogen-bond acceptors (Lipinski definition) is 20. The topological polar surface area (TPSA) is 421 Å². The van der Waals surface area contributed by atoms with Crippen molar-refractivity contribution >= 4 is 96.1 Å². The van der Waals surface area contributed by atoms with E-state index in [4.69, 9.17) is 37.9 Å². The number of urea groups is 5. The lowest BCUT2D eigenvalue weighted by Gasteiger charge is -2.37. The van der Waals surface area contributed by atoms with Gasteiger partial charge in [0.15, 0.2) is 0 Å². The van der Waals surface area contributed by atoms with Crippen LogP contribution in [0.25, 0.3) is 0 Å². The van der Waals surface area contributed by atoms with Crippen LogP contribution in [0.3, 0.4) is 0 Å². The summed E-state index contributed by atoms with van der Waals surface area (Å²) in [5, 5.41) is 99.2. The molecule has 0 aliphatic carbocycles. The van der Waals surface area contributed by atoms with E-state index in [1.807, 2.05) is 0 Å². The third-order valence-electron chi connectivity index (χ3n) is 20.8. The Hall–Kier alpha value is -5.35. The van der Waals surface area contributed by atoms with Gasteiger partial charge in [0, 0.05) is 108 Å². The number of fused-ring (bicyclic) bond motifs is 2. The van der Waals surface area contributed by atoms with E-state index in [1.54, 1.807) is 39.7 Å². The number of ether oxygens (including phenoxy) is 8. The lowest BCUT2D eigenvalue weighted by molar-refractivity contribution is -0.119. The fourth-order valence-corrected chi connectivity index (χ4v) is 19.1. The van der Waals surface area contributed by atoms with Crippen LogP contribution in [0, 0.1) is 0 Å². The Morgan fingerprint density at radius 1 is 0.438 bits per heavy atom. The zero-order valence-corrected chi connectivity index (χ0v) is 71.4. The van der Waals surface area contributed by atoms with Crippen LogP contribution in [0.2, 0.25) is 0 Å². The Balaban J connectivity index is 0.000000218. The Labute approximate surface area is 662 Å². The number of carbonyl (C=O) groups excluding carboxylic acids is 5. The first kappa shape index (κ1) is 95.5. The summed E-state index contributed by atoms with van der Waals surface area (Å²) in [4.78, 5) is 56.4. The third kappa shape index (κ3) is 24.9. The lowest BCUT2D eigenvalue weighted by atomic mass is 9.86. The minimum Gasteiger partial charge on any atom is -0.388 e. The SMILES string of the molecule is C.C=C1NC(=O)NC=C1[C@@H]1O[C@@]2(CCP(=C)(C)C)CCO[C@@H]1[C@@H]2O.C=C1NC(=O)NC=C1[C@@H]1O[C@H](CCP(=C)(C)C)[C@@H](O)[C@@]1(C)O.C=C1NC(=O)NC=C1[C@@H]1O[C@H](CCP(=C)(C)C)[C@@H](O)[C@H]1OC.C=C1NC(=O)NC=C1[C@@H]1O[C@H](CCP(=C)(C)C)[C@@H](O)[C@H]1OC.C=C1NC(=O)NC=C1[C@@H]1O[C@](C)(CCP(=C)(C)C)[C@@H](O)[C@H]1O. The number of nitrogens with one attached hydrogen (secondary N) is 10. The molecule has 2 bridgehead atoms. The quantitative estimate of drug-likeness (QED) is 0.0638. The fraction of sp³-hybridized carbons (Fsp3) is 0.610. The van der Waals surface area contributed by atoms with Crippen LogP contribution in [0.15, 0.2) is 120 Å². The number of aliphatic hydroxyl groups excluding tert-OH is 6. The van der Waals surface area contributed by atoms with Gasteiger partial charge >= 0.3 is 30.2 Å². The molecule has 0 aromatic carbocycles. The van der Waals surface area contributed by atoms with E-state index in [2.05, 4.69) is 184 Å². The van der Waals surface area contributed by atoms with Crippen LogP contribution in [0.4, 0.5) is 24.0 Å². The highest BCUT2D eigenvalue weighted by molar-refractivity contribution is 7.73. The molecular weight excluding hydrogens is 1540 g/mol. The van der Waals surface area contributed by atoms with Gasteiger partial charge in [-0.3, -0.25) is 0 Å². The van der Waals surface area contributed by atoms with Crippen LogP contribution in [0.5, 0.6) is 0 Å². The fourth-order valence-electron chi connectivity index (χ4n) is 14.2. The summed E-state index contributed by atoms with van der Waals surface area (Å²) >= 11 is 0. The maximum atomic E-state index is 11.3. The molecule has 0 saturated carbocycles. The van der Waals surface area contributed by atoms with Crippen molar-refractivity contribution in [2.45, 2.75) is 180 Å². The van der Waals surface area contributed by atoms with E-state index < -0.39 is 143 Å². The van der Waals surface area contributed by atoms with Crippen molar-refractivity contribution in [3.63, 3.8) is 0 Å².